The molecule has 0 bridgehead atoms. The number of hydrogen-bond acceptors (Lipinski definition) is 3. The van der Waals surface area contributed by atoms with Crippen molar-refractivity contribution in [3.63, 3.8) is 0 Å². The molecular weight excluding hydrogens is 520 g/mol. The van der Waals surface area contributed by atoms with Crippen molar-refractivity contribution in [1.82, 2.24) is 0 Å². The van der Waals surface area contributed by atoms with E-state index in [0.717, 1.165) is 25.7 Å². The first kappa shape index (κ1) is 29.9. The zero-order valence-corrected chi connectivity index (χ0v) is 23.3. The van der Waals surface area contributed by atoms with Crippen molar-refractivity contribution in [3.8, 4) is 22.6 Å². The molecule has 1 aliphatic rings. The predicted molar refractivity (Wildman–Crippen MR) is 149 cm³/mol. The van der Waals surface area contributed by atoms with Gasteiger partial charge >= 0.3 is 0 Å². The van der Waals surface area contributed by atoms with Gasteiger partial charge in [0, 0.05) is 11.1 Å². The molecule has 7 heteroatoms. The lowest BCUT2D eigenvalue weighted by Gasteiger charge is -2.29. The zero-order valence-electron chi connectivity index (χ0n) is 23.3. The smallest absolute Gasteiger partial charge is 0.200 e. The number of ether oxygens (including phenoxy) is 3. The Morgan fingerprint density at radius 2 is 1.35 bits per heavy atom. The van der Waals surface area contributed by atoms with E-state index in [1.165, 1.54) is 6.07 Å². The first-order chi connectivity index (χ1) is 19.4. The molecule has 0 unspecified atom stereocenters. The van der Waals surface area contributed by atoms with Gasteiger partial charge in [0.1, 0.15) is 5.75 Å². The summed E-state index contributed by atoms with van der Waals surface area (Å²) in [5, 5.41) is 0. The van der Waals surface area contributed by atoms with Crippen molar-refractivity contribution >= 4 is 0 Å². The molecule has 0 aromatic heterocycles. The Balaban J connectivity index is 1.31. The quantitative estimate of drug-likeness (QED) is 0.154. The average molecular weight is 559 g/mol. The van der Waals surface area contributed by atoms with Gasteiger partial charge in [0.05, 0.1) is 25.9 Å². The minimum absolute atomic E-state index is 0.0552. The molecule has 4 rings (SSSR count). The normalized spacial score (nSPS) is 17.1. The summed E-state index contributed by atoms with van der Waals surface area (Å²) >= 11 is 0. The summed E-state index contributed by atoms with van der Waals surface area (Å²) in [5.74, 6) is -3.12. The van der Waals surface area contributed by atoms with Gasteiger partial charge in [0.15, 0.2) is 23.2 Å². The Bertz CT molecular complexity index is 1240. The summed E-state index contributed by atoms with van der Waals surface area (Å²) in [5.41, 5.74) is 1.24. The van der Waals surface area contributed by atoms with Crippen LogP contribution in [0.1, 0.15) is 82.3 Å². The molecule has 3 aromatic rings. The lowest BCUT2D eigenvalue weighted by molar-refractivity contribution is 0.0116. The maximum atomic E-state index is 15.0. The second-order valence-electron chi connectivity index (χ2n) is 10.4. The monoisotopic (exact) mass is 558 g/mol. The fourth-order valence-corrected chi connectivity index (χ4v) is 5.04. The van der Waals surface area contributed by atoms with E-state index in [-0.39, 0.29) is 35.5 Å². The van der Waals surface area contributed by atoms with E-state index in [9.17, 15) is 17.6 Å². The first-order valence-electron chi connectivity index (χ1n) is 14.3. The summed E-state index contributed by atoms with van der Waals surface area (Å²) in [6.07, 6.45) is 5.98. The van der Waals surface area contributed by atoms with Gasteiger partial charge in [-0.1, -0.05) is 57.0 Å². The molecule has 216 valence electrons. The lowest BCUT2D eigenvalue weighted by atomic mass is 9.82. The Labute approximate surface area is 234 Å². The van der Waals surface area contributed by atoms with Gasteiger partial charge in [-0.05, 0) is 73.8 Å². The molecule has 3 aromatic carbocycles. The summed E-state index contributed by atoms with van der Waals surface area (Å²) in [6, 6.07) is 13.2. The highest BCUT2D eigenvalue weighted by Gasteiger charge is 2.27. The van der Waals surface area contributed by atoms with E-state index in [2.05, 4.69) is 6.92 Å². The van der Waals surface area contributed by atoms with Crippen molar-refractivity contribution in [3.05, 3.63) is 82.9 Å². The number of hydrogen-bond donors (Lipinski definition) is 0. The van der Waals surface area contributed by atoms with Crippen LogP contribution in [0.3, 0.4) is 0 Å². The largest absolute Gasteiger partial charge is 0.494 e. The van der Waals surface area contributed by atoms with Crippen LogP contribution < -0.4 is 9.47 Å². The summed E-state index contributed by atoms with van der Waals surface area (Å²) < 4.78 is 76.1. The van der Waals surface area contributed by atoms with Crippen LogP contribution in [0.5, 0.6) is 11.5 Å². The van der Waals surface area contributed by atoms with Crippen molar-refractivity contribution in [2.45, 2.75) is 83.8 Å². The topological polar surface area (TPSA) is 27.7 Å². The van der Waals surface area contributed by atoms with Gasteiger partial charge in [-0.3, -0.25) is 0 Å². The molecule has 0 heterocycles. The van der Waals surface area contributed by atoms with Crippen LogP contribution in [-0.2, 0) is 11.3 Å². The molecule has 40 heavy (non-hydrogen) atoms. The third-order valence-electron chi connectivity index (χ3n) is 7.52. The number of benzene rings is 3. The van der Waals surface area contributed by atoms with Crippen molar-refractivity contribution < 1.29 is 31.8 Å². The van der Waals surface area contributed by atoms with Crippen LogP contribution in [-0.4, -0.2) is 19.3 Å². The van der Waals surface area contributed by atoms with Crippen molar-refractivity contribution in [1.29, 1.82) is 0 Å². The zero-order chi connectivity index (χ0) is 28.5. The number of unbranched alkanes of at least 4 members (excludes halogenated alkanes) is 2. The second-order valence-corrected chi connectivity index (χ2v) is 10.4. The van der Waals surface area contributed by atoms with Crippen LogP contribution >= 0.6 is 0 Å². The van der Waals surface area contributed by atoms with E-state index in [1.807, 2.05) is 6.92 Å². The molecule has 1 fully saturated rings. The highest BCUT2D eigenvalue weighted by Crippen LogP contribution is 2.38. The van der Waals surface area contributed by atoms with Crippen molar-refractivity contribution in [2.24, 2.45) is 0 Å². The second kappa shape index (κ2) is 14.5. The highest BCUT2D eigenvalue weighted by atomic mass is 19.2. The first-order valence-corrected chi connectivity index (χ1v) is 14.3. The maximum Gasteiger partial charge on any atom is 0.200 e. The lowest BCUT2D eigenvalue weighted by Crippen LogP contribution is -2.21. The molecule has 0 amide bonds. The minimum Gasteiger partial charge on any atom is -0.494 e. The molecule has 0 saturated heterocycles. The van der Waals surface area contributed by atoms with E-state index in [4.69, 9.17) is 14.2 Å². The highest BCUT2D eigenvalue weighted by molar-refractivity contribution is 5.65. The van der Waals surface area contributed by atoms with Crippen LogP contribution in [0.25, 0.3) is 11.1 Å². The average Bonchev–Trinajstić information content (AvgIpc) is 2.97. The van der Waals surface area contributed by atoms with Crippen LogP contribution in [0.2, 0.25) is 0 Å². The Morgan fingerprint density at radius 1 is 0.675 bits per heavy atom. The standard InChI is InChI=1S/C33H38F4O3/c1-3-5-19-38-25-12-7-22(8-13-25)27-16-11-24(30(34)31(27)35)21-40-26-14-9-23(10-15-26)28-17-18-29(33(37)32(28)36)39-20-6-4-2/h7-8,11-13,16-18,23,26H,3-6,9-10,14-15,19-21H2,1-2H3. The van der Waals surface area contributed by atoms with Crippen LogP contribution in [0.15, 0.2) is 48.5 Å². The van der Waals surface area contributed by atoms with Gasteiger partial charge in [0.25, 0.3) is 0 Å². The SMILES string of the molecule is CCCCOc1ccc(-c2ccc(COC3CCC(c4ccc(OCCCC)c(F)c4F)CC3)c(F)c2F)cc1. The van der Waals surface area contributed by atoms with Gasteiger partial charge < -0.3 is 14.2 Å². The number of rotatable bonds is 13. The summed E-state index contributed by atoms with van der Waals surface area (Å²) in [7, 11) is 0. The minimum atomic E-state index is -0.941. The molecule has 0 radical (unpaired) electrons. The third-order valence-corrected chi connectivity index (χ3v) is 7.52. The van der Waals surface area contributed by atoms with Crippen molar-refractivity contribution in [2.75, 3.05) is 13.2 Å². The van der Waals surface area contributed by atoms with Gasteiger partial charge in [-0.2, -0.15) is 4.39 Å². The van der Waals surface area contributed by atoms with Gasteiger partial charge in [0.2, 0.25) is 5.82 Å². The number of halogens is 4. The molecule has 3 nitrogen and oxygen atoms in total. The Morgan fingerprint density at radius 3 is 2.02 bits per heavy atom. The Hall–Kier alpha value is -3.06. The van der Waals surface area contributed by atoms with E-state index < -0.39 is 23.3 Å². The van der Waals surface area contributed by atoms with E-state index >= 15 is 0 Å². The van der Waals surface area contributed by atoms with Gasteiger partial charge in [-0.15, -0.1) is 0 Å². The van der Waals surface area contributed by atoms with Crippen LogP contribution in [0, 0.1) is 23.3 Å². The molecular formula is C33H38F4O3. The van der Waals surface area contributed by atoms with Crippen LogP contribution in [0.4, 0.5) is 17.6 Å². The Kier molecular flexibility index (Phi) is 10.9. The molecule has 0 N–H and O–H groups in total. The maximum absolute atomic E-state index is 15.0. The molecule has 0 aliphatic heterocycles. The molecule has 1 saturated carbocycles. The molecule has 1 aliphatic carbocycles. The summed E-state index contributed by atoms with van der Waals surface area (Å²) in [6.45, 7) is 4.99. The van der Waals surface area contributed by atoms with E-state index in [0.29, 0.717) is 55.8 Å². The van der Waals surface area contributed by atoms with E-state index in [1.54, 1.807) is 42.5 Å². The predicted octanol–water partition coefficient (Wildman–Crippen LogP) is 9.51. The fourth-order valence-electron chi connectivity index (χ4n) is 5.04. The molecule has 0 atom stereocenters. The van der Waals surface area contributed by atoms with Gasteiger partial charge in [-0.25, -0.2) is 13.2 Å². The summed E-state index contributed by atoms with van der Waals surface area (Å²) in [4.78, 5) is 0. The third kappa shape index (κ3) is 7.36. The fraction of sp³-hybridized carbons (Fsp3) is 0.455. The molecule has 0 spiro atoms.